The smallest absolute Gasteiger partial charge is 0.0963 e. The highest BCUT2D eigenvalue weighted by Crippen LogP contribution is 2.32. The quantitative estimate of drug-likeness (QED) is 0.630. The van der Waals surface area contributed by atoms with Gasteiger partial charge in [-0.25, -0.2) is 0 Å². The Kier molecular flexibility index (Phi) is 3.83. The second-order valence-corrected chi connectivity index (χ2v) is 6.28. The van der Waals surface area contributed by atoms with Gasteiger partial charge in [0.15, 0.2) is 0 Å². The molecule has 1 unspecified atom stereocenters. The first-order chi connectivity index (χ1) is 8.92. The Hall–Kier alpha value is -1.51. The maximum Gasteiger partial charge on any atom is 0.0963 e. The van der Waals surface area contributed by atoms with Crippen LogP contribution in [0.4, 0.5) is 5.69 Å². The molecule has 3 nitrogen and oxygen atoms in total. The maximum atomic E-state index is 7.61. The molecule has 0 saturated heterocycles. The van der Waals surface area contributed by atoms with Gasteiger partial charge < -0.3 is 10.6 Å². The standard InChI is InChI=1S/C16H25N3/c1-12-11-13-7-4-5-8-14(13)19(12)10-6-9-16(2,3)15(17)18/h4-5,7-8,12H,6,9-11H2,1-3H3,(H3,17,18). The van der Waals surface area contributed by atoms with E-state index < -0.39 is 0 Å². The fraction of sp³-hybridized carbons (Fsp3) is 0.562. The zero-order valence-corrected chi connectivity index (χ0v) is 12.2. The largest absolute Gasteiger partial charge is 0.387 e. The summed E-state index contributed by atoms with van der Waals surface area (Å²) in [5.41, 5.74) is 8.30. The highest BCUT2D eigenvalue weighted by molar-refractivity contribution is 5.82. The van der Waals surface area contributed by atoms with Gasteiger partial charge in [0.25, 0.3) is 0 Å². The average molecular weight is 259 g/mol. The minimum absolute atomic E-state index is 0.178. The predicted octanol–water partition coefficient (Wildman–Crippen LogP) is 3.18. The van der Waals surface area contributed by atoms with Gasteiger partial charge in [-0.1, -0.05) is 32.0 Å². The lowest BCUT2D eigenvalue weighted by Gasteiger charge is -2.28. The first-order valence-electron chi connectivity index (χ1n) is 7.11. The topological polar surface area (TPSA) is 53.1 Å². The molecule has 0 aromatic heterocycles. The molecular weight excluding hydrogens is 234 g/mol. The maximum absolute atomic E-state index is 7.61. The number of nitrogens with one attached hydrogen (secondary N) is 1. The summed E-state index contributed by atoms with van der Waals surface area (Å²) >= 11 is 0. The third-order valence-corrected chi connectivity index (χ3v) is 4.28. The summed E-state index contributed by atoms with van der Waals surface area (Å²) in [6.45, 7) is 7.44. The highest BCUT2D eigenvalue weighted by atomic mass is 15.2. The second-order valence-electron chi connectivity index (χ2n) is 6.28. The SMILES string of the molecule is CC1Cc2ccccc2N1CCCC(C)(C)C(=N)N. The Bertz CT molecular complexity index is 465. The van der Waals surface area contributed by atoms with Crippen molar-refractivity contribution in [2.45, 2.75) is 46.1 Å². The van der Waals surface area contributed by atoms with E-state index in [1.165, 1.54) is 11.3 Å². The van der Waals surface area contributed by atoms with Gasteiger partial charge in [0.1, 0.15) is 0 Å². The van der Waals surface area contributed by atoms with Crippen molar-refractivity contribution in [2.75, 3.05) is 11.4 Å². The lowest BCUT2D eigenvalue weighted by molar-refractivity contribution is 0.446. The Balaban J connectivity index is 1.96. The van der Waals surface area contributed by atoms with Crippen LogP contribution in [0.2, 0.25) is 0 Å². The number of para-hydroxylation sites is 1. The van der Waals surface area contributed by atoms with Gasteiger partial charge in [-0.3, -0.25) is 5.41 Å². The number of rotatable bonds is 5. The molecular formula is C16H25N3. The van der Waals surface area contributed by atoms with E-state index in [2.05, 4.69) is 49.9 Å². The third kappa shape index (κ3) is 2.91. The van der Waals surface area contributed by atoms with E-state index in [4.69, 9.17) is 11.1 Å². The molecule has 0 fully saturated rings. The van der Waals surface area contributed by atoms with Crippen molar-refractivity contribution >= 4 is 11.5 Å². The molecule has 0 bridgehead atoms. The molecule has 0 radical (unpaired) electrons. The van der Waals surface area contributed by atoms with Crippen LogP contribution >= 0.6 is 0 Å². The molecule has 0 aliphatic carbocycles. The molecule has 0 spiro atoms. The minimum Gasteiger partial charge on any atom is -0.387 e. The summed E-state index contributed by atoms with van der Waals surface area (Å²) in [5, 5.41) is 7.61. The van der Waals surface area contributed by atoms with Crippen molar-refractivity contribution in [3.05, 3.63) is 29.8 Å². The first-order valence-corrected chi connectivity index (χ1v) is 7.11. The van der Waals surface area contributed by atoms with Crippen LogP contribution in [-0.4, -0.2) is 18.4 Å². The van der Waals surface area contributed by atoms with Crippen molar-refractivity contribution in [2.24, 2.45) is 11.1 Å². The van der Waals surface area contributed by atoms with Crippen molar-refractivity contribution < 1.29 is 0 Å². The van der Waals surface area contributed by atoms with E-state index in [1.54, 1.807) is 0 Å². The average Bonchev–Trinajstić information content (AvgIpc) is 2.65. The Morgan fingerprint density at radius 3 is 2.79 bits per heavy atom. The lowest BCUT2D eigenvalue weighted by Crippen LogP contribution is -2.34. The zero-order valence-electron chi connectivity index (χ0n) is 12.2. The van der Waals surface area contributed by atoms with Crippen LogP contribution in [0.15, 0.2) is 24.3 Å². The van der Waals surface area contributed by atoms with E-state index in [1.807, 2.05) is 0 Å². The van der Waals surface area contributed by atoms with Gasteiger partial charge in [-0.2, -0.15) is 0 Å². The number of fused-ring (bicyclic) bond motifs is 1. The van der Waals surface area contributed by atoms with Crippen LogP contribution in [0.1, 0.15) is 39.2 Å². The van der Waals surface area contributed by atoms with Crippen LogP contribution in [-0.2, 0) is 6.42 Å². The minimum atomic E-state index is -0.178. The van der Waals surface area contributed by atoms with Gasteiger partial charge in [0.2, 0.25) is 0 Å². The van der Waals surface area contributed by atoms with Crippen molar-refractivity contribution in [3.63, 3.8) is 0 Å². The molecule has 0 saturated carbocycles. The molecule has 19 heavy (non-hydrogen) atoms. The monoisotopic (exact) mass is 259 g/mol. The molecule has 1 aromatic carbocycles. The lowest BCUT2D eigenvalue weighted by atomic mass is 9.86. The molecule has 0 amide bonds. The van der Waals surface area contributed by atoms with Gasteiger partial charge >= 0.3 is 0 Å². The van der Waals surface area contributed by atoms with Gasteiger partial charge in [0, 0.05) is 23.7 Å². The summed E-state index contributed by atoms with van der Waals surface area (Å²) in [4.78, 5) is 2.49. The summed E-state index contributed by atoms with van der Waals surface area (Å²) in [5.74, 6) is 0.294. The van der Waals surface area contributed by atoms with Crippen molar-refractivity contribution in [3.8, 4) is 0 Å². The number of hydrogen-bond acceptors (Lipinski definition) is 2. The molecule has 104 valence electrons. The number of nitrogens with two attached hydrogens (primary N) is 1. The van der Waals surface area contributed by atoms with E-state index in [0.29, 0.717) is 11.9 Å². The Labute approximate surface area is 116 Å². The molecule has 1 aliphatic heterocycles. The van der Waals surface area contributed by atoms with Crippen molar-refractivity contribution in [1.29, 1.82) is 5.41 Å². The highest BCUT2D eigenvalue weighted by Gasteiger charge is 2.26. The van der Waals surface area contributed by atoms with Crippen LogP contribution < -0.4 is 10.6 Å². The zero-order chi connectivity index (χ0) is 14.0. The summed E-state index contributed by atoms with van der Waals surface area (Å²) in [6.07, 6.45) is 3.19. The summed E-state index contributed by atoms with van der Waals surface area (Å²) in [6, 6.07) is 9.26. The second kappa shape index (κ2) is 5.24. The first kappa shape index (κ1) is 13.9. The van der Waals surface area contributed by atoms with Crippen LogP contribution in [0.3, 0.4) is 0 Å². The van der Waals surface area contributed by atoms with E-state index >= 15 is 0 Å². The van der Waals surface area contributed by atoms with E-state index in [0.717, 1.165) is 25.8 Å². The van der Waals surface area contributed by atoms with E-state index in [9.17, 15) is 0 Å². The Morgan fingerprint density at radius 1 is 1.42 bits per heavy atom. The van der Waals surface area contributed by atoms with Crippen LogP contribution in [0.25, 0.3) is 0 Å². The normalized spacial score (nSPS) is 18.5. The summed E-state index contributed by atoms with van der Waals surface area (Å²) in [7, 11) is 0. The molecule has 1 aromatic rings. The number of nitrogens with zero attached hydrogens (tertiary/aromatic N) is 1. The molecule has 3 heteroatoms. The van der Waals surface area contributed by atoms with E-state index in [-0.39, 0.29) is 5.41 Å². The third-order valence-electron chi connectivity index (χ3n) is 4.28. The van der Waals surface area contributed by atoms with Gasteiger partial charge in [-0.05, 0) is 37.8 Å². The molecule has 2 rings (SSSR count). The summed E-state index contributed by atoms with van der Waals surface area (Å²) < 4.78 is 0. The number of anilines is 1. The van der Waals surface area contributed by atoms with Gasteiger partial charge in [0.05, 0.1) is 5.84 Å². The van der Waals surface area contributed by atoms with Crippen LogP contribution in [0, 0.1) is 10.8 Å². The van der Waals surface area contributed by atoms with Crippen molar-refractivity contribution in [1.82, 2.24) is 0 Å². The Morgan fingerprint density at radius 2 is 2.11 bits per heavy atom. The molecule has 1 atom stereocenters. The number of hydrogen-bond donors (Lipinski definition) is 2. The predicted molar refractivity (Wildman–Crippen MR) is 81.9 cm³/mol. The molecule has 3 N–H and O–H groups in total. The number of amidine groups is 1. The fourth-order valence-corrected chi connectivity index (χ4v) is 2.80. The fourth-order valence-electron chi connectivity index (χ4n) is 2.80. The van der Waals surface area contributed by atoms with Gasteiger partial charge in [-0.15, -0.1) is 0 Å². The van der Waals surface area contributed by atoms with Crippen LogP contribution in [0.5, 0.6) is 0 Å². The number of benzene rings is 1. The molecule has 1 heterocycles. The molecule has 1 aliphatic rings.